The van der Waals surface area contributed by atoms with Gasteiger partial charge in [0.2, 0.25) is 5.91 Å². The number of carbonyl (C=O) groups excluding carboxylic acids is 1. The number of rotatable bonds is 3. The molecule has 1 saturated heterocycles. The van der Waals surface area contributed by atoms with Gasteiger partial charge in [-0.2, -0.15) is 0 Å². The first-order valence-corrected chi connectivity index (χ1v) is 6.07. The Hall–Kier alpha value is -0.650. The van der Waals surface area contributed by atoms with Crippen LogP contribution in [0.25, 0.3) is 0 Å². The number of anilines is 1. The van der Waals surface area contributed by atoms with Crippen molar-refractivity contribution in [2.75, 3.05) is 18.4 Å². The van der Waals surface area contributed by atoms with Gasteiger partial charge in [0.25, 0.3) is 0 Å². The Balaban J connectivity index is 0.00000128. The maximum Gasteiger partial charge on any atom is 0.230 e. The molecule has 0 saturated carbocycles. The highest BCUT2D eigenvalue weighted by Gasteiger charge is 2.22. The Kier molecular flexibility index (Phi) is 5.18. The third-order valence-corrected chi connectivity index (χ3v) is 3.62. The number of aryl methyl sites for hydroxylation is 1. The molecular formula is C10H16ClN3OS. The Morgan fingerprint density at radius 2 is 2.56 bits per heavy atom. The molecule has 1 atom stereocenters. The van der Waals surface area contributed by atoms with Gasteiger partial charge >= 0.3 is 0 Å². The van der Waals surface area contributed by atoms with Gasteiger partial charge in [-0.1, -0.05) is 6.92 Å². The summed E-state index contributed by atoms with van der Waals surface area (Å²) in [7, 11) is 0. The summed E-state index contributed by atoms with van der Waals surface area (Å²) in [6, 6.07) is 0. The van der Waals surface area contributed by atoms with E-state index >= 15 is 0 Å². The summed E-state index contributed by atoms with van der Waals surface area (Å²) >= 11 is 1.56. The molecule has 16 heavy (non-hydrogen) atoms. The molecule has 1 aliphatic heterocycles. The molecule has 0 aromatic carbocycles. The standard InChI is InChI=1S/C10H15N3OS.ClH/c1-2-8-6-12-10(15-8)13-9(14)7-3-4-11-5-7;/h6-7,11H,2-5H2,1H3,(H,12,13,14);1H. The van der Waals surface area contributed by atoms with Crippen molar-refractivity contribution in [1.29, 1.82) is 0 Å². The lowest BCUT2D eigenvalue weighted by Gasteiger charge is -2.06. The average molecular weight is 262 g/mol. The number of nitrogens with zero attached hydrogens (tertiary/aromatic N) is 1. The first-order chi connectivity index (χ1) is 7.29. The second-order valence-electron chi connectivity index (χ2n) is 3.66. The van der Waals surface area contributed by atoms with Crippen LogP contribution < -0.4 is 10.6 Å². The van der Waals surface area contributed by atoms with Gasteiger partial charge in [-0.25, -0.2) is 4.98 Å². The zero-order valence-electron chi connectivity index (χ0n) is 9.16. The summed E-state index contributed by atoms with van der Waals surface area (Å²) in [6.07, 6.45) is 3.73. The Labute approximate surface area is 105 Å². The van der Waals surface area contributed by atoms with Crippen LogP contribution in [0.15, 0.2) is 6.20 Å². The maximum absolute atomic E-state index is 11.7. The van der Waals surface area contributed by atoms with Crippen molar-refractivity contribution < 1.29 is 4.79 Å². The quantitative estimate of drug-likeness (QED) is 0.870. The van der Waals surface area contributed by atoms with Crippen LogP contribution in [0, 0.1) is 5.92 Å². The van der Waals surface area contributed by atoms with E-state index in [4.69, 9.17) is 0 Å². The largest absolute Gasteiger partial charge is 0.316 e. The van der Waals surface area contributed by atoms with Gasteiger partial charge < -0.3 is 10.6 Å². The minimum atomic E-state index is 0. The molecule has 1 aromatic heterocycles. The van der Waals surface area contributed by atoms with Gasteiger partial charge in [-0.05, 0) is 19.4 Å². The molecule has 6 heteroatoms. The third-order valence-electron chi connectivity index (χ3n) is 2.56. The molecule has 1 aliphatic rings. The molecule has 0 spiro atoms. The van der Waals surface area contributed by atoms with Gasteiger partial charge in [0.05, 0.1) is 5.92 Å². The first-order valence-electron chi connectivity index (χ1n) is 5.26. The van der Waals surface area contributed by atoms with Crippen LogP contribution in [-0.2, 0) is 11.2 Å². The highest BCUT2D eigenvalue weighted by Crippen LogP contribution is 2.19. The number of carbonyl (C=O) groups is 1. The summed E-state index contributed by atoms with van der Waals surface area (Å²) in [6.45, 7) is 3.81. The molecule has 4 nitrogen and oxygen atoms in total. The van der Waals surface area contributed by atoms with Gasteiger partial charge in [0.15, 0.2) is 5.13 Å². The second kappa shape index (κ2) is 6.18. The normalized spacial score (nSPS) is 19.2. The summed E-state index contributed by atoms with van der Waals surface area (Å²) < 4.78 is 0. The highest BCUT2D eigenvalue weighted by molar-refractivity contribution is 7.15. The lowest BCUT2D eigenvalue weighted by molar-refractivity contribution is -0.119. The van der Waals surface area contributed by atoms with Crippen LogP contribution in [-0.4, -0.2) is 24.0 Å². The number of aromatic nitrogens is 1. The molecule has 1 fully saturated rings. The van der Waals surface area contributed by atoms with Crippen LogP contribution in [0.2, 0.25) is 0 Å². The van der Waals surface area contributed by atoms with Crippen LogP contribution >= 0.6 is 23.7 Å². The predicted octanol–water partition coefficient (Wildman–Crippen LogP) is 1.68. The van der Waals surface area contributed by atoms with Crippen molar-refractivity contribution in [3.63, 3.8) is 0 Å². The Bertz CT molecular complexity index is 350. The fourth-order valence-electron chi connectivity index (χ4n) is 1.61. The second-order valence-corrected chi connectivity index (χ2v) is 4.78. The predicted molar refractivity (Wildman–Crippen MR) is 68.3 cm³/mol. The minimum Gasteiger partial charge on any atom is -0.316 e. The van der Waals surface area contributed by atoms with E-state index in [9.17, 15) is 4.79 Å². The number of thiazole rings is 1. The van der Waals surface area contributed by atoms with Gasteiger partial charge in [-0.3, -0.25) is 4.79 Å². The van der Waals surface area contributed by atoms with Crippen molar-refractivity contribution in [3.8, 4) is 0 Å². The van der Waals surface area contributed by atoms with Crippen molar-refractivity contribution >= 4 is 34.8 Å². The smallest absolute Gasteiger partial charge is 0.230 e. The summed E-state index contributed by atoms with van der Waals surface area (Å²) in [4.78, 5) is 17.1. The SMILES string of the molecule is CCc1cnc(NC(=O)C2CCNC2)s1.Cl. The molecule has 2 N–H and O–H groups in total. The van der Waals surface area contributed by atoms with Crippen molar-refractivity contribution in [2.24, 2.45) is 5.92 Å². The third kappa shape index (κ3) is 3.17. The van der Waals surface area contributed by atoms with Crippen LogP contribution in [0.4, 0.5) is 5.13 Å². The van der Waals surface area contributed by atoms with Gasteiger partial charge in [-0.15, -0.1) is 23.7 Å². The van der Waals surface area contributed by atoms with Crippen LogP contribution in [0.1, 0.15) is 18.2 Å². The molecule has 2 heterocycles. The number of amides is 1. The molecule has 1 aromatic rings. The number of halogens is 1. The van der Waals surface area contributed by atoms with Crippen molar-refractivity contribution in [3.05, 3.63) is 11.1 Å². The molecule has 0 radical (unpaired) electrons. The van der Waals surface area contributed by atoms with E-state index in [2.05, 4.69) is 22.5 Å². The zero-order chi connectivity index (χ0) is 10.7. The van der Waals surface area contributed by atoms with Crippen LogP contribution in [0.5, 0.6) is 0 Å². The van der Waals surface area contributed by atoms with E-state index in [0.29, 0.717) is 0 Å². The summed E-state index contributed by atoms with van der Waals surface area (Å²) in [5.74, 6) is 0.205. The van der Waals surface area contributed by atoms with E-state index in [0.717, 1.165) is 31.1 Å². The maximum atomic E-state index is 11.7. The summed E-state index contributed by atoms with van der Waals surface area (Å²) in [5, 5.41) is 6.77. The van der Waals surface area contributed by atoms with E-state index in [1.54, 1.807) is 11.3 Å². The number of hydrogen-bond donors (Lipinski definition) is 2. The molecule has 1 amide bonds. The molecule has 0 bridgehead atoms. The lowest BCUT2D eigenvalue weighted by atomic mass is 10.1. The average Bonchev–Trinajstić information content (AvgIpc) is 2.87. The molecule has 90 valence electrons. The highest BCUT2D eigenvalue weighted by atomic mass is 35.5. The van der Waals surface area contributed by atoms with Gasteiger partial charge in [0.1, 0.15) is 0 Å². The Morgan fingerprint density at radius 1 is 1.75 bits per heavy atom. The topological polar surface area (TPSA) is 54.0 Å². The fourth-order valence-corrected chi connectivity index (χ4v) is 2.37. The molecule has 2 rings (SSSR count). The number of nitrogens with one attached hydrogen (secondary N) is 2. The van der Waals surface area contributed by atoms with E-state index in [-0.39, 0.29) is 24.2 Å². The minimum absolute atomic E-state index is 0. The molecule has 0 aliphatic carbocycles. The fraction of sp³-hybridized carbons (Fsp3) is 0.600. The Morgan fingerprint density at radius 3 is 3.12 bits per heavy atom. The molecule has 1 unspecified atom stereocenters. The molecular weight excluding hydrogens is 246 g/mol. The monoisotopic (exact) mass is 261 g/mol. The van der Waals surface area contributed by atoms with E-state index in [1.165, 1.54) is 4.88 Å². The lowest BCUT2D eigenvalue weighted by Crippen LogP contribution is -2.24. The first kappa shape index (κ1) is 13.4. The van der Waals surface area contributed by atoms with E-state index in [1.807, 2.05) is 6.20 Å². The van der Waals surface area contributed by atoms with Crippen LogP contribution in [0.3, 0.4) is 0 Å². The van der Waals surface area contributed by atoms with Crippen molar-refractivity contribution in [1.82, 2.24) is 10.3 Å². The summed E-state index contributed by atoms with van der Waals surface area (Å²) in [5.41, 5.74) is 0. The number of hydrogen-bond acceptors (Lipinski definition) is 4. The van der Waals surface area contributed by atoms with E-state index < -0.39 is 0 Å². The van der Waals surface area contributed by atoms with Gasteiger partial charge in [0, 0.05) is 17.6 Å². The zero-order valence-corrected chi connectivity index (χ0v) is 10.8. The van der Waals surface area contributed by atoms with Crippen molar-refractivity contribution in [2.45, 2.75) is 19.8 Å².